The van der Waals surface area contributed by atoms with Gasteiger partial charge in [0.25, 0.3) is 0 Å². The fourth-order valence-electron chi connectivity index (χ4n) is 1.97. The molecule has 0 aromatic carbocycles. The summed E-state index contributed by atoms with van der Waals surface area (Å²) in [6, 6.07) is 2.79. The van der Waals surface area contributed by atoms with Crippen molar-refractivity contribution in [3.63, 3.8) is 0 Å². The molecule has 1 aromatic rings. The van der Waals surface area contributed by atoms with Crippen LogP contribution in [0.3, 0.4) is 0 Å². The second-order valence-corrected chi connectivity index (χ2v) is 5.96. The van der Waals surface area contributed by atoms with E-state index in [0.717, 1.165) is 0 Å². The van der Waals surface area contributed by atoms with Crippen LogP contribution in [0.4, 0.5) is 16.6 Å². The van der Waals surface area contributed by atoms with Gasteiger partial charge in [-0.1, -0.05) is 0 Å². The van der Waals surface area contributed by atoms with Crippen molar-refractivity contribution in [2.45, 2.75) is 26.4 Å². The van der Waals surface area contributed by atoms with Crippen LogP contribution in [0.25, 0.3) is 0 Å². The molecule has 0 spiro atoms. The smallest absolute Gasteiger partial charge is 0.434 e. The molecule has 1 aliphatic rings. The molecule has 2 rings (SSSR count). The van der Waals surface area contributed by atoms with Crippen molar-refractivity contribution in [2.75, 3.05) is 31.6 Å². The normalized spacial score (nSPS) is 16.4. The summed E-state index contributed by atoms with van der Waals surface area (Å²) in [6.45, 7) is 7.61. The van der Waals surface area contributed by atoms with Crippen molar-refractivity contribution < 1.29 is 18.9 Å². The first kappa shape index (κ1) is 16.1. The summed E-state index contributed by atoms with van der Waals surface area (Å²) in [5, 5.41) is 12.4. The number of nitro groups is 1. The van der Waals surface area contributed by atoms with Crippen LogP contribution < -0.4 is 5.43 Å². The number of hydrogen-bond donors (Lipinski definition) is 1. The Balaban J connectivity index is 1.81. The van der Waals surface area contributed by atoms with Crippen LogP contribution in [0.2, 0.25) is 0 Å². The van der Waals surface area contributed by atoms with Gasteiger partial charge in [0.1, 0.15) is 10.5 Å². The van der Waals surface area contributed by atoms with E-state index >= 15 is 0 Å². The molecule has 0 bridgehead atoms. The number of nitrogens with zero attached hydrogens (tertiary/aromatic N) is 3. The average Bonchev–Trinajstić information content (AvgIpc) is 2.86. The topological polar surface area (TPSA) is 101 Å². The quantitative estimate of drug-likeness (QED) is 0.673. The number of ether oxygens (including phenoxy) is 1. The average molecular weight is 312 g/mol. The lowest BCUT2D eigenvalue weighted by Gasteiger charge is -2.35. The number of hydrazine groups is 1. The van der Waals surface area contributed by atoms with Gasteiger partial charge in [0.15, 0.2) is 0 Å². The van der Waals surface area contributed by atoms with Crippen LogP contribution >= 0.6 is 0 Å². The van der Waals surface area contributed by atoms with Crippen LogP contribution in [0.1, 0.15) is 20.8 Å². The highest BCUT2D eigenvalue weighted by Crippen LogP contribution is 2.20. The molecular formula is C13H20N4O5. The molecule has 0 aliphatic carbocycles. The molecule has 122 valence electrons. The first-order valence-electron chi connectivity index (χ1n) is 6.98. The lowest BCUT2D eigenvalue weighted by molar-refractivity contribution is -0.401. The zero-order chi connectivity index (χ0) is 16.3. The molecule has 1 N–H and O–H groups in total. The molecule has 22 heavy (non-hydrogen) atoms. The van der Waals surface area contributed by atoms with Gasteiger partial charge in [-0.3, -0.25) is 15.5 Å². The predicted octanol–water partition coefficient (Wildman–Crippen LogP) is 2.07. The number of rotatable bonds is 3. The first-order chi connectivity index (χ1) is 10.2. The van der Waals surface area contributed by atoms with Crippen molar-refractivity contribution in [3.8, 4) is 0 Å². The summed E-state index contributed by atoms with van der Waals surface area (Å²) in [4.78, 5) is 23.5. The summed E-state index contributed by atoms with van der Waals surface area (Å²) in [5.74, 6) is -0.00712. The Morgan fingerprint density at radius 1 is 1.32 bits per heavy atom. The standard InChI is InChI=1S/C13H20N4O5/c1-13(2,3)22-12(18)15-6-8-16(9-7-15)14-10-4-5-11(21-10)17(19)20/h4-5,14H,6-9H2,1-3H3. The van der Waals surface area contributed by atoms with Crippen LogP contribution in [-0.4, -0.2) is 52.7 Å². The molecule has 1 fully saturated rings. The molecule has 0 atom stereocenters. The lowest BCUT2D eigenvalue weighted by Crippen LogP contribution is -2.51. The van der Waals surface area contributed by atoms with Crippen LogP contribution in [0, 0.1) is 10.1 Å². The fraction of sp³-hybridized carbons (Fsp3) is 0.615. The zero-order valence-electron chi connectivity index (χ0n) is 12.9. The number of carbonyl (C=O) groups is 1. The maximum Gasteiger partial charge on any atom is 0.434 e. The maximum atomic E-state index is 11.9. The highest BCUT2D eigenvalue weighted by molar-refractivity contribution is 5.68. The fourth-order valence-corrected chi connectivity index (χ4v) is 1.97. The van der Waals surface area contributed by atoms with E-state index < -0.39 is 10.5 Å². The molecule has 1 amide bonds. The van der Waals surface area contributed by atoms with Crippen molar-refractivity contribution in [2.24, 2.45) is 0 Å². The molecule has 1 aromatic heterocycles. The van der Waals surface area contributed by atoms with E-state index in [4.69, 9.17) is 9.15 Å². The van der Waals surface area contributed by atoms with Gasteiger partial charge in [-0.2, -0.15) is 0 Å². The monoisotopic (exact) mass is 312 g/mol. The summed E-state index contributed by atoms with van der Waals surface area (Å²) >= 11 is 0. The van der Waals surface area contributed by atoms with E-state index in [1.54, 1.807) is 4.90 Å². The third kappa shape index (κ3) is 4.35. The van der Waals surface area contributed by atoms with E-state index in [-0.39, 0.29) is 12.0 Å². The predicted molar refractivity (Wildman–Crippen MR) is 78.4 cm³/mol. The Kier molecular flexibility index (Phi) is 4.55. The van der Waals surface area contributed by atoms with Gasteiger partial charge in [0, 0.05) is 32.2 Å². The van der Waals surface area contributed by atoms with Gasteiger partial charge < -0.3 is 14.1 Å². The largest absolute Gasteiger partial charge is 0.444 e. The van der Waals surface area contributed by atoms with E-state index in [9.17, 15) is 14.9 Å². The number of piperazine rings is 1. The van der Waals surface area contributed by atoms with Crippen molar-refractivity contribution in [3.05, 3.63) is 22.2 Å². The van der Waals surface area contributed by atoms with Crippen LogP contribution in [-0.2, 0) is 4.74 Å². The van der Waals surface area contributed by atoms with E-state index in [1.807, 2.05) is 25.8 Å². The Hall–Kier alpha value is -2.29. The number of furan rings is 1. The Morgan fingerprint density at radius 2 is 1.95 bits per heavy atom. The van der Waals surface area contributed by atoms with Gasteiger partial charge in [0.05, 0.1) is 6.07 Å². The SMILES string of the molecule is CC(C)(C)OC(=O)N1CCN(Nc2ccc([N+](=O)[O-])o2)CC1. The van der Waals surface area contributed by atoms with Crippen molar-refractivity contribution in [1.82, 2.24) is 9.91 Å². The van der Waals surface area contributed by atoms with Gasteiger partial charge >= 0.3 is 12.0 Å². The Labute approximate surface area is 127 Å². The van der Waals surface area contributed by atoms with Crippen LogP contribution in [0.5, 0.6) is 0 Å². The molecule has 1 aliphatic heterocycles. The van der Waals surface area contributed by atoms with Crippen molar-refractivity contribution in [1.29, 1.82) is 0 Å². The second-order valence-electron chi connectivity index (χ2n) is 5.96. The molecule has 1 saturated heterocycles. The Bertz CT molecular complexity index is 543. The number of amides is 1. The summed E-state index contributed by atoms with van der Waals surface area (Å²) in [7, 11) is 0. The van der Waals surface area contributed by atoms with E-state index in [2.05, 4.69) is 5.43 Å². The minimum absolute atomic E-state index is 0.303. The molecule has 2 heterocycles. The zero-order valence-corrected chi connectivity index (χ0v) is 12.9. The van der Waals surface area contributed by atoms with Gasteiger partial charge in [-0.05, 0) is 20.8 Å². The van der Waals surface area contributed by atoms with E-state index in [1.165, 1.54) is 12.1 Å². The lowest BCUT2D eigenvalue weighted by atomic mass is 10.2. The van der Waals surface area contributed by atoms with Gasteiger partial charge in [-0.15, -0.1) is 0 Å². The molecular weight excluding hydrogens is 292 g/mol. The minimum Gasteiger partial charge on any atom is -0.444 e. The van der Waals surface area contributed by atoms with Gasteiger partial charge in [0.2, 0.25) is 5.88 Å². The van der Waals surface area contributed by atoms with Crippen molar-refractivity contribution >= 4 is 17.9 Å². The number of nitrogens with one attached hydrogen (secondary N) is 1. The summed E-state index contributed by atoms with van der Waals surface area (Å²) in [6.07, 6.45) is -0.333. The minimum atomic E-state index is -0.592. The molecule has 0 saturated carbocycles. The number of carbonyl (C=O) groups excluding carboxylic acids is 1. The molecule has 0 radical (unpaired) electrons. The van der Waals surface area contributed by atoms with Crippen LogP contribution in [0.15, 0.2) is 16.5 Å². The summed E-state index contributed by atoms with van der Waals surface area (Å²) in [5.41, 5.74) is 2.43. The third-order valence-corrected chi connectivity index (χ3v) is 2.97. The molecule has 9 nitrogen and oxygen atoms in total. The summed E-state index contributed by atoms with van der Waals surface area (Å²) < 4.78 is 10.3. The maximum absolute atomic E-state index is 11.9. The first-order valence-corrected chi connectivity index (χ1v) is 6.98. The molecule has 0 unspecified atom stereocenters. The highest BCUT2D eigenvalue weighted by atomic mass is 16.6. The highest BCUT2D eigenvalue weighted by Gasteiger charge is 2.26. The number of anilines is 1. The number of hydrogen-bond acceptors (Lipinski definition) is 7. The third-order valence-electron chi connectivity index (χ3n) is 2.97. The van der Waals surface area contributed by atoms with E-state index in [0.29, 0.717) is 32.1 Å². The Morgan fingerprint density at radius 3 is 2.45 bits per heavy atom. The molecule has 9 heteroatoms. The second kappa shape index (κ2) is 6.22. The van der Waals surface area contributed by atoms with Gasteiger partial charge in [-0.25, -0.2) is 9.80 Å².